The summed E-state index contributed by atoms with van der Waals surface area (Å²) in [6.45, 7) is 1.21. The largest absolute Gasteiger partial charge is 0.491 e. The van der Waals surface area contributed by atoms with Crippen LogP contribution in [0.2, 0.25) is 0 Å². The lowest BCUT2D eigenvalue weighted by molar-refractivity contribution is -0.152. The lowest BCUT2D eigenvalue weighted by Gasteiger charge is -2.44. The van der Waals surface area contributed by atoms with Crippen molar-refractivity contribution in [3.05, 3.63) is 12.4 Å². The summed E-state index contributed by atoms with van der Waals surface area (Å²) in [4.78, 5) is 9.98. The van der Waals surface area contributed by atoms with Crippen LogP contribution < -0.4 is 10.4 Å². The number of halogens is 2. The van der Waals surface area contributed by atoms with Crippen LogP contribution in [0.15, 0.2) is 12.4 Å². The second kappa shape index (κ2) is 4.11. The highest BCUT2D eigenvalue weighted by atomic mass is 19.3. The molecule has 2 aliphatic rings. The molecule has 0 atom stereocenters. The van der Waals surface area contributed by atoms with Crippen LogP contribution in [0.1, 0.15) is 19.3 Å². The van der Waals surface area contributed by atoms with Crippen molar-refractivity contribution in [3.63, 3.8) is 0 Å². The molecule has 0 unspecified atom stereocenters. The quantitative estimate of drug-likeness (QED) is 0.726. The summed E-state index contributed by atoms with van der Waals surface area (Å²) < 4.78 is 26.0. The molecule has 1 aliphatic carbocycles. The number of rotatable bonds is 2. The Labute approximate surface area is 109 Å². The third-order valence-electron chi connectivity index (χ3n) is 3.94. The maximum absolute atomic E-state index is 13.0. The van der Waals surface area contributed by atoms with Gasteiger partial charge in [-0.1, -0.05) is 0 Å². The van der Waals surface area contributed by atoms with E-state index in [0.29, 0.717) is 19.0 Å². The number of hydrogen-bond donors (Lipinski definition) is 2. The number of anilines is 1. The molecular formula is C11H14BF2N3O2. The third-order valence-corrected chi connectivity index (χ3v) is 3.94. The Bertz CT molecular complexity index is 475. The summed E-state index contributed by atoms with van der Waals surface area (Å²) >= 11 is 0. The summed E-state index contributed by atoms with van der Waals surface area (Å²) in [5.41, 5.74) is -0.0741. The first-order valence-electron chi connectivity index (χ1n) is 6.20. The SMILES string of the molecule is OB(O)c1cnc(N2CCC3(C2)CC(F)(F)C3)nc1. The molecule has 8 heteroatoms. The van der Waals surface area contributed by atoms with E-state index >= 15 is 0 Å². The first kappa shape index (κ1) is 12.7. The Hall–Kier alpha value is -1.28. The number of aromatic nitrogens is 2. The van der Waals surface area contributed by atoms with Crippen LogP contribution in [0.4, 0.5) is 14.7 Å². The van der Waals surface area contributed by atoms with Gasteiger partial charge in [-0.05, 0) is 6.42 Å². The maximum atomic E-state index is 13.0. The highest BCUT2D eigenvalue weighted by Crippen LogP contribution is 2.56. The van der Waals surface area contributed by atoms with Gasteiger partial charge in [0.1, 0.15) is 0 Å². The Morgan fingerprint density at radius 1 is 1.21 bits per heavy atom. The van der Waals surface area contributed by atoms with E-state index in [-0.39, 0.29) is 23.7 Å². The van der Waals surface area contributed by atoms with Crippen LogP contribution in [-0.4, -0.2) is 46.1 Å². The number of alkyl halides is 2. The zero-order chi connectivity index (χ0) is 13.7. The molecule has 3 rings (SSSR count). The molecule has 1 spiro atoms. The molecule has 0 amide bonds. The highest BCUT2D eigenvalue weighted by molar-refractivity contribution is 6.58. The zero-order valence-electron chi connectivity index (χ0n) is 10.3. The predicted molar refractivity (Wildman–Crippen MR) is 65.3 cm³/mol. The van der Waals surface area contributed by atoms with Crippen molar-refractivity contribution in [3.8, 4) is 0 Å². The van der Waals surface area contributed by atoms with Crippen LogP contribution in [0.25, 0.3) is 0 Å². The Morgan fingerprint density at radius 3 is 2.37 bits per heavy atom. The van der Waals surface area contributed by atoms with Gasteiger partial charge in [0.2, 0.25) is 11.9 Å². The van der Waals surface area contributed by atoms with Crippen LogP contribution in [0.3, 0.4) is 0 Å². The fourth-order valence-corrected chi connectivity index (χ4v) is 3.07. The van der Waals surface area contributed by atoms with Gasteiger partial charge in [-0.15, -0.1) is 0 Å². The number of hydrogen-bond acceptors (Lipinski definition) is 5. The van der Waals surface area contributed by atoms with Gasteiger partial charge in [-0.2, -0.15) is 0 Å². The predicted octanol–water partition coefficient (Wildman–Crippen LogP) is -0.218. The van der Waals surface area contributed by atoms with Gasteiger partial charge in [0.25, 0.3) is 0 Å². The fourth-order valence-electron chi connectivity index (χ4n) is 3.07. The summed E-state index contributed by atoms with van der Waals surface area (Å²) in [5.74, 6) is -2.06. The molecule has 2 N–H and O–H groups in total. The molecule has 5 nitrogen and oxygen atoms in total. The molecule has 0 radical (unpaired) electrons. The second-order valence-electron chi connectivity index (χ2n) is 5.57. The van der Waals surface area contributed by atoms with Crippen molar-refractivity contribution < 1.29 is 18.8 Å². The van der Waals surface area contributed by atoms with Crippen LogP contribution >= 0.6 is 0 Å². The van der Waals surface area contributed by atoms with Gasteiger partial charge >= 0.3 is 7.12 Å². The van der Waals surface area contributed by atoms with Crippen molar-refractivity contribution in [2.45, 2.75) is 25.2 Å². The molecule has 1 saturated heterocycles. The first-order valence-corrected chi connectivity index (χ1v) is 6.20. The van der Waals surface area contributed by atoms with E-state index in [1.807, 2.05) is 4.90 Å². The number of nitrogens with zero attached hydrogens (tertiary/aromatic N) is 3. The third kappa shape index (κ3) is 2.30. The van der Waals surface area contributed by atoms with Gasteiger partial charge in [0.05, 0.1) is 0 Å². The van der Waals surface area contributed by atoms with Gasteiger partial charge in [-0.25, -0.2) is 18.7 Å². The normalized spacial score (nSPS) is 23.5. The summed E-state index contributed by atoms with van der Waals surface area (Å²) in [6, 6.07) is 0. The molecular weight excluding hydrogens is 255 g/mol. The first-order chi connectivity index (χ1) is 8.89. The minimum Gasteiger partial charge on any atom is -0.423 e. The lowest BCUT2D eigenvalue weighted by Crippen LogP contribution is -2.47. The molecule has 102 valence electrons. The summed E-state index contributed by atoms with van der Waals surface area (Å²) in [5, 5.41) is 17.9. The average molecular weight is 269 g/mol. The molecule has 1 aliphatic heterocycles. The smallest absolute Gasteiger partial charge is 0.423 e. The van der Waals surface area contributed by atoms with Crippen molar-refractivity contribution in [1.29, 1.82) is 0 Å². The Morgan fingerprint density at radius 2 is 1.84 bits per heavy atom. The van der Waals surface area contributed by atoms with Crippen molar-refractivity contribution in [1.82, 2.24) is 9.97 Å². The van der Waals surface area contributed by atoms with Crippen LogP contribution in [0.5, 0.6) is 0 Å². The Balaban J connectivity index is 1.68. The van der Waals surface area contributed by atoms with E-state index in [9.17, 15) is 8.78 Å². The maximum Gasteiger partial charge on any atom is 0.491 e. The lowest BCUT2D eigenvalue weighted by atomic mass is 9.65. The van der Waals surface area contributed by atoms with E-state index < -0.39 is 13.0 Å². The van der Waals surface area contributed by atoms with E-state index in [4.69, 9.17) is 10.0 Å². The van der Waals surface area contributed by atoms with Crippen LogP contribution in [0, 0.1) is 5.41 Å². The minimum absolute atomic E-state index is 0.0516. The standard InChI is InChI=1S/C11H14BF2N3O2/c13-11(14)5-10(6-11)1-2-17(7-10)9-15-3-8(4-16-9)12(18)19/h3-4,18-19H,1-2,5-7H2. The van der Waals surface area contributed by atoms with Gasteiger partial charge in [0.15, 0.2) is 0 Å². The molecule has 2 fully saturated rings. The highest BCUT2D eigenvalue weighted by Gasteiger charge is 2.58. The van der Waals surface area contributed by atoms with Crippen molar-refractivity contribution in [2.75, 3.05) is 18.0 Å². The molecule has 1 aromatic rings. The second-order valence-corrected chi connectivity index (χ2v) is 5.57. The molecule has 0 aromatic carbocycles. The average Bonchev–Trinajstić information content (AvgIpc) is 2.72. The summed E-state index contributed by atoms with van der Waals surface area (Å²) in [7, 11) is -1.59. The van der Waals surface area contributed by atoms with E-state index in [1.54, 1.807) is 0 Å². The van der Waals surface area contributed by atoms with E-state index in [0.717, 1.165) is 6.42 Å². The molecule has 0 bridgehead atoms. The fraction of sp³-hybridized carbons (Fsp3) is 0.636. The van der Waals surface area contributed by atoms with Gasteiger partial charge in [0, 0.05) is 49.2 Å². The summed E-state index contributed by atoms with van der Waals surface area (Å²) in [6.07, 6.45) is 3.31. The monoisotopic (exact) mass is 269 g/mol. The molecule has 1 saturated carbocycles. The topological polar surface area (TPSA) is 69.5 Å². The van der Waals surface area contributed by atoms with Gasteiger partial charge in [-0.3, -0.25) is 0 Å². The van der Waals surface area contributed by atoms with E-state index in [1.165, 1.54) is 12.4 Å². The van der Waals surface area contributed by atoms with E-state index in [2.05, 4.69) is 9.97 Å². The molecule has 1 aromatic heterocycles. The van der Waals surface area contributed by atoms with Crippen molar-refractivity contribution >= 4 is 18.5 Å². The molecule has 19 heavy (non-hydrogen) atoms. The van der Waals surface area contributed by atoms with Crippen molar-refractivity contribution in [2.24, 2.45) is 5.41 Å². The van der Waals surface area contributed by atoms with Gasteiger partial charge < -0.3 is 14.9 Å². The zero-order valence-corrected chi connectivity index (χ0v) is 10.3. The minimum atomic E-state index is -2.51. The Kier molecular flexibility index (Phi) is 2.76. The van der Waals surface area contributed by atoms with Crippen LogP contribution in [-0.2, 0) is 0 Å². The molecule has 2 heterocycles.